The third kappa shape index (κ3) is 4.49. The van der Waals surface area contributed by atoms with E-state index in [1.165, 1.54) is 12.8 Å². The van der Waals surface area contributed by atoms with Crippen molar-refractivity contribution < 1.29 is 9.90 Å². The molecule has 1 heterocycles. The maximum Gasteiger partial charge on any atom is 0.330 e. The quantitative estimate of drug-likeness (QED) is 0.567. The number of unbranched alkanes of at least 4 members (excludes halogenated alkanes) is 3. The van der Waals surface area contributed by atoms with E-state index >= 15 is 0 Å². The van der Waals surface area contributed by atoms with Gasteiger partial charge in [-0.1, -0.05) is 35.2 Å². The van der Waals surface area contributed by atoms with Crippen LogP contribution in [0.25, 0.3) is 0 Å². The van der Waals surface area contributed by atoms with Crippen molar-refractivity contribution in [2.75, 3.05) is 16.8 Å². The van der Waals surface area contributed by atoms with Gasteiger partial charge in [-0.25, -0.2) is 4.79 Å². The van der Waals surface area contributed by atoms with Crippen molar-refractivity contribution >= 4 is 45.4 Å². The van der Waals surface area contributed by atoms with Gasteiger partial charge >= 0.3 is 5.97 Å². The summed E-state index contributed by atoms with van der Waals surface area (Å²) >= 11 is 6.68. The van der Waals surface area contributed by atoms with Gasteiger partial charge in [0, 0.05) is 5.33 Å². The lowest BCUT2D eigenvalue weighted by Crippen LogP contribution is -2.34. The molecule has 1 aliphatic heterocycles. The fourth-order valence-electron chi connectivity index (χ4n) is 1.76. The summed E-state index contributed by atoms with van der Waals surface area (Å²) in [7, 11) is 0. The predicted octanol–water partition coefficient (Wildman–Crippen LogP) is 3.98. The smallest absolute Gasteiger partial charge is 0.330 e. The van der Waals surface area contributed by atoms with Gasteiger partial charge in [0.2, 0.25) is 0 Å². The van der Waals surface area contributed by atoms with Gasteiger partial charge in [-0.2, -0.15) is 0 Å². The second kappa shape index (κ2) is 7.88. The number of hydrogen-bond donors (Lipinski definition) is 1. The van der Waals surface area contributed by atoms with Crippen molar-refractivity contribution in [1.29, 1.82) is 0 Å². The Hall–Kier alpha value is 0.650. The lowest BCUT2D eigenvalue weighted by atomic mass is 10.1. The van der Waals surface area contributed by atoms with Gasteiger partial charge in [0.15, 0.2) is 4.08 Å². The molecule has 0 spiro atoms. The van der Waals surface area contributed by atoms with Crippen LogP contribution in [0, 0.1) is 0 Å². The molecule has 0 amide bonds. The molecule has 0 aromatic rings. The highest BCUT2D eigenvalue weighted by Gasteiger charge is 2.40. The Morgan fingerprint density at radius 3 is 2.38 bits per heavy atom. The van der Waals surface area contributed by atoms with Gasteiger partial charge < -0.3 is 5.11 Å². The van der Waals surface area contributed by atoms with E-state index in [4.69, 9.17) is 0 Å². The minimum Gasteiger partial charge on any atom is -0.480 e. The van der Waals surface area contributed by atoms with Crippen LogP contribution < -0.4 is 0 Å². The lowest BCUT2D eigenvalue weighted by molar-refractivity contribution is -0.137. The SMILES string of the molecule is O=C(O)C1(CCCCCCBr)SCCCS1. The number of carboxylic acid groups (broad SMARTS) is 1. The topological polar surface area (TPSA) is 37.3 Å². The summed E-state index contributed by atoms with van der Waals surface area (Å²) < 4.78 is -0.535. The molecule has 1 fully saturated rings. The largest absolute Gasteiger partial charge is 0.480 e. The van der Waals surface area contributed by atoms with Crippen LogP contribution in [0.1, 0.15) is 38.5 Å². The number of hydrogen-bond acceptors (Lipinski definition) is 3. The fourth-order valence-corrected chi connectivity index (χ4v) is 5.23. The summed E-state index contributed by atoms with van der Waals surface area (Å²) in [6.07, 6.45) is 6.56. The normalized spacial score (nSPS) is 19.6. The maximum atomic E-state index is 11.3. The summed E-state index contributed by atoms with van der Waals surface area (Å²) in [6, 6.07) is 0. The summed E-state index contributed by atoms with van der Waals surface area (Å²) in [5, 5.41) is 10.4. The summed E-state index contributed by atoms with van der Waals surface area (Å²) in [5.74, 6) is 1.38. The molecule has 94 valence electrons. The highest BCUT2D eigenvalue weighted by Crippen LogP contribution is 2.46. The molecule has 0 atom stereocenters. The number of carbonyl (C=O) groups is 1. The molecular weight excluding hydrogens is 308 g/mol. The molecule has 0 unspecified atom stereocenters. The monoisotopic (exact) mass is 326 g/mol. The van der Waals surface area contributed by atoms with Crippen molar-refractivity contribution in [3.05, 3.63) is 0 Å². The zero-order valence-electron chi connectivity index (χ0n) is 9.41. The number of carboxylic acids is 1. The molecule has 0 radical (unpaired) electrons. The van der Waals surface area contributed by atoms with Gasteiger partial charge in [0.25, 0.3) is 0 Å². The molecule has 0 aliphatic carbocycles. The van der Waals surface area contributed by atoms with Crippen LogP contribution in [0.2, 0.25) is 0 Å². The van der Waals surface area contributed by atoms with Gasteiger partial charge in [0.1, 0.15) is 0 Å². The Bertz CT molecular complexity index is 218. The number of alkyl halides is 1. The Morgan fingerprint density at radius 2 is 1.81 bits per heavy atom. The van der Waals surface area contributed by atoms with E-state index in [9.17, 15) is 9.90 Å². The standard InChI is InChI=1S/C11H19BrO2S2/c12-7-4-2-1-3-6-11(10(13)14)15-8-5-9-16-11/h1-9H2,(H,13,14). The number of halogens is 1. The van der Waals surface area contributed by atoms with Crippen LogP contribution in [0.5, 0.6) is 0 Å². The molecule has 1 rings (SSSR count). The van der Waals surface area contributed by atoms with Crippen molar-refractivity contribution in [3.8, 4) is 0 Å². The minimum absolute atomic E-state index is 0.535. The highest BCUT2D eigenvalue weighted by atomic mass is 79.9. The number of aliphatic carboxylic acids is 1. The molecule has 0 bridgehead atoms. The van der Waals surface area contributed by atoms with Crippen molar-refractivity contribution in [2.45, 2.75) is 42.6 Å². The van der Waals surface area contributed by atoms with Gasteiger partial charge in [-0.3, -0.25) is 0 Å². The molecular formula is C11H19BrO2S2. The molecule has 0 saturated carbocycles. The maximum absolute atomic E-state index is 11.3. The van der Waals surface area contributed by atoms with Crippen molar-refractivity contribution in [2.24, 2.45) is 0 Å². The Morgan fingerprint density at radius 1 is 1.19 bits per heavy atom. The average Bonchev–Trinajstić information content (AvgIpc) is 2.30. The van der Waals surface area contributed by atoms with E-state index in [1.54, 1.807) is 23.5 Å². The summed E-state index contributed by atoms with van der Waals surface area (Å²) in [4.78, 5) is 11.3. The van der Waals surface area contributed by atoms with Crippen LogP contribution in [-0.2, 0) is 4.79 Å². The van der Waals surface area contributed by atoms with Crippen LogP contribution in [0.4, 0.5) is 0 Å². The second-order valence-corrected chi connectivity index (χ2v) is 7.80. The second-order valence-electron chi connectivity index (χ2n) is 3.96. The Labute approximate surface area is 114 Å². The van der Waals surface area contributed by atoms with Gasteiger partial charge in [-0.05, 0) is 30.8 Å². The van der Waals surface area contributed by atoms with Crippen LogP contribution in [0.15, 0.2) is 0 Å². The lowest BCUT2D eigenvalue weighted by Gasteiger charge is -2.31. The first-order valence-corrected chi connectivity index (χ1v) is 8.88. The van der Waals surface area contributed by atoms with Gasteiger partial charge in [0.05, 0.1) is 0 Å². The van der Waals surface area contributed by atoms with E-state index in [0.717, 1.165) is 42.5 Å². The molecule has 16 heavy (non-hydrogen) atoms. The Balaban J connectivity index is 2.30. The third-order valence-corrected chi connectivity index (χ3v) is 6.62. The molecule has 1 N–H and O–H groups in total. The first kappa shape index (κ1) is 14.7. The van der Waals surface area contributed by atoms with E-state index in [-0.39, 0.29) is 0 Å². The third-order valence-electron chi connectivity index (χ3n) is 2.67. The summed E-state index contributed by atoms with van der Waals surface area (Å²) in [5.41, 5.74) is 0. The minimum atomic E-state index is -0.623. The average molecular weight is 327 g/mol. The van der Waals surface area contributed by atoms with Crippen molar-refractivity contribution in [1.82, 2.24) is 0 Å². The van der Waals surface area contributed by atoms with Crippen LogP contribution in [-0.4, -0.2) is 32.0 Å². The summed E-state index contributed by atoms with van der Waals surface area (Å²) in [6.45, 7) is 0. The van der Waals surface area contributed by atoms with E-state index in [0.29, 0.717) is 0 Å². The first-order valence-electron chi connectivity index (χ1n) is 5.78. The molecule has 2 nitrogen and oxygen atoms in total. The van der Waals surface area contributed by atoms with Crippen molar-refractivity contribution in [3.63, 3.8) is 0 Å². The highest BCUT2D eigenvalue weighted by molar-refractivity contribution is 9.09. The zero-order chi connectivity index (χ0) is 11.9. The Kier molecular flexibility index (Phi) is 7.24. The van der Waals surface area contributed by atoms with Crippen LogP contribution >= 0.6 is 39.5 Å². The van der Waals surface area contributed by atoms with Gasteiger partial charge in [-0.15, -0.1) is 23.5 Å². The number of rotatable bonds is 7. The predicted molar refractivity (Wildman–Crippen MR) is 76.8 cm³/mol. The molecule has 1 aliphatic rings. The number of thioether (sulfide) groups is 2. The molecule has 1 saturated heterocycles. The molecule has 5 heteroatoms. The fraction of sp³-hybridized carbons (Fsp3) is 0.909. The van der Waals surface area contributed by atoms with E-state index in [2.05, 4.69) is 15.9 Å². The zero-order valence-corrected chi connectivity index (χ0v) is 12.6. The van der Waals surface area contributed by atoms with E-state index < -0.39 is 10.0 Å². The first-order chi connectivity index (χ1) is 7.71. The van der Waals surface area contributed by atoms with E-state index in [1.807, 2.05) is 0 Å². The van der Waals surface area contributed by atoms with Crippen LogP contribution in [0.3, 0.4) is 0 Å². The molecule has 0 aromatic carbocycles. The molecule has 0 aromatic heterocycles.